The minimum absolute atomic E-state index is 0.0545. The van der Waals surface area contributed by atoms with Crippen molar-refractivity contribution in [2.75, 3.05) is 6.61 Å². The third-order valence-electron chi connectivity index (χ3n) is 5.37. The molecule has 1 aliphatic heterocycles. The van der Waals surface area contributed by atoms with Crippen molar-refractivity contribution in [2.24, 2.45) is 34.5 Å². The van der Waals surface area contributed by atoms with E-state index in [1.54, 1.807) is 0 Å². The molecule has 29 heavy (non-hydrogen) atoms. The smallest absolute Gasteiger partial charge is 0.313 e. The van der Waals surface area contributed by atoms with Crippen LogP contribution in [0.25, 0.3) is 0 Å². The van der Waals surface area contributed by atoms with Gasteiger partial charge in [-0.1, -0.05) is 23.8 Å². The number of ether oxygens (including phenoxy) is 1. The Bertz CT molecular complexity index is 976. The number of nitro benzene ring substituents is 1. The number of hydrogen-bond acceptors (Lipinski definition) is 7. The molecule has 1 saturated heterocycles. The zero-order valence-electron chi connectivity index (χ0n) is 14.9. The molecule has 4 unspecified atom stereocenters. The Balaban J connectivity index is 1.59. The number of amides is 3. The van der Waals surface area contributed by atoms with Gasteiger partial charge >= 0.3 is 5.69 Å². The Kier molecular flexibility index (Phi) is 4.58. The van der Waals surface area contributed by atoms with E-state index in [1.807, 2.05) is 12.2 Å². The summed E-state index contributed by atoms with van der Waals surface area (Å²) in [6.07, 6.45) is 5.90. The van der Waals surface area contributed by atoms with Crippen molar-refractivity contribution < 1.29 is 24.0 Å². The van der Waals surface area contributed by atoms with Crippen molar-refractivity contribution in [1.82, 2.24) is 5.01 Å². The van der Waals surface area contributed by atoms with E-state index < -0.39 is 35.0 Å². The predicted octanol–water partition coefficient (Wildman–Crippen LogP) is 1.25. The highest BCUT2D eigenvalue weighted by Crippen LogP contribution is 2.52. The van der Waals surface area contributed by atoms with E-state index in [4.69, 9.17) is 22.1 Å². The first-order valence-corrected chi connectivity index (χ1v) is 9.15. The molecular weight excluding hydrogens is 404 g/mol. The molecule has 0 spiro atoms. The largest absolute Gasteiger partial charge is 0.476 e. The molecular formula is C18H15ClN4O6. The number of benzene rings is 1. The topological polar surface area (TPSA) is 145 Å². The van der Waals surface area contributed by atoms with Crippen molar-refractivity contribution in [1.29, 1.82) is 0 Å². The Morgan fingerprint density at radius 1 is 1.31 bits per heavy atom. The van der Waals surface area contributed by atoms with Crippen LogP contribution in [0, 0.1) is 33.8 Å². The van der Waals surface area contributed by atoms with E-state index in [2.05, 4.69) is 5.10 Å². The summed E-state index contributed by atoms with van der Waals surface area (Å²) in [4.78, 5) is 46.7. The van der Waals surface area contributed by atoms with E-state index >= 15 is 0 Å². The first-order valence-electron chi connectivity index (χ1n) is 8.77. The SMILES string of the molecule is NC(=O)COc1c(Cl)cc(C=NN2C(=O)C3C4C=CC(C4)C3C2=O)cc1[N+](=O)[O-]. The quantitative estimate of drug-likeness (QED) is 0.242. The maximum atomic E-state index is 12.6. The molecule has 3 amide bonds. The zero-order valence-corrected chi connectivity index (χ0v) is 15.6. The van der Waals surface area contributed by atoms with Crippen LogP contribution in [0.4, 0.5) is 5.69 Å². The number of nitro groups is 1. The van der Waals surface area contributed by atoms with Gasteiger partial charge in [0.05, 0.1) is 28.0 Å². The lowest BCUT2D eigenvalue weighted by Crippen LogP contribution is -2.28. The second-order valence-electron chi connectivity index (χ2n) is 7.10. The van der Waals surface area contributed by atoms with Crippen molar-refractivity contribution in [3.8, 4) is 5.75 Å². The Labute approximate surface area is 169 Å². The van der Waals surface area contributed by atoms with E-state index in [9.17, 15) is 24.5 Å². The number of allylic oxidation sites excluding steroid dienone is 2. The molecule has 4 atom stereocenters. The molecule has 11 heteroatoms. The summed E-state index contributed by atoms with van der Waals surface area (Å²) in [5.74, 6) is -2.53. The highest BCUT2D eigenvalue weighted by atomic mass is 35.5. The molecule has 2 fully saturated rings. The molecule has 3 aliphatic rings. The number of primary amides is 1. The third-order valence-corrected chi connectivity index (χ3v) is 5.65. The highest BCUT2D eigenvalue weighted by molar-refractivity contribution is 6.32. The van der Waals surface area contributed by atoms with Crippen LogP contribution < -0.4 is 10.5 Å². The van der Waals surface area contributed by atoms with Crippen LogP contribution in [-0.2, 0) is 14.4 Å². The molecule has 1 heterocycles. The third kappa shape index (κ3) is 3.15. The maximum absolute atomic E-state index is 12.6. The fourth-order valence-electron chi connectivity index (χ4n) is 4.22. The summed E-state index contributed by atoms with van der Waals surface area (Å²) in [6.45, 7) is -0.579. The van der Waals surface area contributed by atoms with Gasteiger partial charge in [-0.05, 0) is 24.3 Å². The number of fused-ring (bicyclic) bond motifs is 5. The van der Waals surface area contributed by atoms with Gasteiger partial charge in [-0.2, -0.15) is 10.1 Å². The molecule has 1 aromatic rings. The first kappa shape index (κ1) is 19.1. The highest BCUT2D eigenvalue weighted by Gasteiger charge is 2.59. The number of hydrogen-bond donors (Lipinski definition) is 1. The molecule has 0 radical (unpaired) electrons. The van der Waals surface area contributed by atoms with Crippen LogP contribution in [0.5, 0.6) is 5.75 Å². The lowest BCUT2D eigenvalue weighted by atomic mass is 9.85. The molecule has 1 aromatic carbocycles. The number of carbonyl (C=O) groups excluding carboxylic acids is 3. The second-order valence-corrected chi connectivity index (χ2v) is 7.50. The second kappa shape index (κ2) is 6.96. The molecule has 150 valence electrons. The molecule has 1 saturated carbocycles. The van der Waals surface area contributed by atoms with Crippen LogP contribution in [0.3, 0.4) is 0 Å². The minimum Gasteiger partial charge on any atom is -0.476 e. The monoisotopic (exact) mass is 418 g/mol. The molecule has 2 aliphatic carbocycles. The van der Waals surface area contributed by atoms with Crippen LogP contribution >= 0.6 is 11.6 Å². The molecule has 10 nitrogen and oxygen atoms in total. The molecule has 2 N–H and O–H groups in total. The van der Waals surface area contributed by atoms with Crippen molar-refractivity contribution >= 4 is 41.2 Å². The molecule has 0 aromatic heterocycles. The van der Waals surface area contributed by atoms with Crippen LogP contribution in [0.2, 0.25) is 5.02 Å². The van der Waals surface area contributed by atoms with Crippen molar-refractivity contribution in [2.45, 2.75) is 6.42 Å². The number of carbonyl (C=O) groups is 3. The number of nitrogens with two attached hydrogens (primary N) is 1. The van der Waals surface area contributed by atoms with E-state index in [0.29, 0.717) is 0 Å². The lowest BCUT2D eigenvalue weighted by molar-refractivity contribution is -0.385. The van der Waals surface area contributed by atoms with Crippen LogP contribution in [-0.4, -0.2) is 40.5 Å². The van der Waals surface area contributed by atoms with Crippen molar-refractivity contribution in [3.05, 3.63) is 45.0 Å². The summed E-state index contributed by atoms with van der Waals surface area (Å²) in [6, 6.07) is 2.42. The van der Waals surface area contributed by atoms with E-state index in [1.165, 1.54) is 6.07 Å². The van der Waals surface area contributed by atoms with Gasteiger partial charge in [-0.25, -0.2) is 0 Å². The normalized spacial score (nSPS) is 27.1. The maximum Gasteiger partial charge on any atom is 0.313 e. The van der Waals surface area contributed by atoms with Gasteiger partial charge in [-0.15, -0.1) is 0 Å². The van der Waals surface area contributed by atoms with Gasteiger partial charge in [-0.3, -0.25) is 24.5 Å². The molecule has 4 rings (SSSR count). The van der Waals surface area contributed by atoms with Gasteiger partial charge in [0.25, 0.3) is 17.7 Å². The zero-order chi connectivity index (χ0) is 20.9. The Morgan fingerprint density at radius 3 is 2.48 bits per heavy atom. The van der Waals surface area contributed by atoms with E-state index in [-0.39, 0.29) is 40.0 Å². The van der Waals surface area contributed by atoms with Gasteiger partial charge in [0.2, 0.25) is 5.75 Å². The fourth-order valence-corrected chi connectivity index (χ4v) is 4.50. The Morgan fingerprint density at radius 2 is 1.93 bits per heavy atom. The minimum atomic E-state index is -0.818. The number of halogens is 1. The first-order chi connectivity index (χ1) is 13.8. The van der Waals surface area contributed by atoms with Crippen molar-refractivity contribution in [3.63, 3.8) is 0 Å². The number of rotatable bonds is 6. The number of imide groups is 1. The summed E-state index contributed by atoms with van der Waals surface area (Å²) in [5, 5.41) is 16.0. The van der Waals surface area contributed by atoms with Gasteiger partial charge < -0.3 is 10.5 Å². The summed E-state index contributed by atoms with van der Waals surface area (Å²) >= 11 is 6.04. The van der Waals surface area contributed by atoms with Gasteiger partial charge in [0.1, 0.15) is 0 Å². The lowest BCUT2D eigenvalue weighted by Gasteiger charge is -2.13. The number of nitrogens with zero attached hydrogens (tertiary/aromatic N) is 3. The average Bonchev–Trinajstić information content (AvgIpc) is 3.33. The Hall–Kier alpha value is -3.27. The standard InChI is InChI=1S/C18H15ClN4O6/c19-11-3-8(4-12(23(27)28)16(11)29-7-13(20)24)6-21-22-17(25)14-9-1-2-10(5-9)15(14)18(22)26/h1-4,6,9-10,14-15H,5,7H2,(H2,20,24). The summed E-state index contributed by atoms with van der Waals surface area (Å²) < 4.78 is 5.02. The average molecular weight is 419 g/mol. The van der Waals surface area contributed by atoms with Gasteiger partial charge in [0, 0.05) is 11.6 Å². The molecule has 2 bridgehead atoms. The predicted molar refractivity (Wildman–Crippen MR) is 100.0 cm³/mol. The fraction of sp³-hybridized carbons (Fsp3) is 0.333. The summed E-state index contributed by atoms with van der Waals surface area (Å²) in [5.41, 5.74) is 4.67. The summed E-state index contributed by atoms with van der Waals surface area (Å²) in [7, 11) is 0. The van der Waals surface area contributed by atoms with E-state index in [0.717, 1.165) is 23.7 Å². The van der Waals surface area contributed by atoms with Crippen LogP contribution in [0.1, 0.15) is 12.0 Å². The van der Waals surface area contributed by atoms with Crippen LogP contribution in [0.15, 0.2) is 29.4 Å². The number of hydrazone groups is 1. The van der Waals surface area contributed by atoms with Gasteiger partial charge in [0.15, 0.2) is 6.61 Å².